The second kappa shape index (κ2) is 5.85. The van der Waals surface area contributed by atoms with Crippen molar-refractivity contribution in [2.24, 2.45) is 5.41 Å². The van der Waals surface area contributed by atoms with Crippen molar-refractivity contribution in [1.29, 1.82) is 0 Å². The number of ether oxygens (including phenoxy) is 1. The van der Waals surface area contributed by atoms with E-state index in [1.165, 1.54) is 17.5 Å². The van der Waals surface area contributed by atoms with Crippen molar-refractivity contribution >= 4 is 0 Å². The molecule has 1 aliphatic rings. The van der Waals surface area contributed by atoms with Crippen molar-refractivity contribution < 1.29 is 9.84 Å². The normalized spacial score (nSPS) is 23.6. The Hall–Kier alpha value is -0.860. The van der Waals surface area contributed by atoms with Crippen LogP contribution in [0.2, 0.25) is 0 Å². The number of rotatable bonds is 4. The lowest BCUT2D eigenvalue weighted by Gasteiger charge is -2.38. The maximum atomic E-state index is 9.81. The van der Waals surface area contributed by atoms with Crippen LogP contribution in [0.5, 0.6) is 0 Å². The quantitative estimate of drug-likeness (QED) is 0.887. The Bertz CT molecular complexity index is 382. The van der Waals surface area contributed by atoms with Gasteiger partial charge in [0.2, 0.25) is 0 Å². The first kappa shape index (κ1) is 13.6. The largest absolute Gasteiger partial charge is 0.396 e. The van der Waals surface area contributed by atoms with E-state index in [9.17, 15) is 5.11 Å². The molecule has 100 valence electrons. The van der Waals surface area contributed by atoms with Crippen LogP contribution in [0.1, 0.15) is 37.3 Å². The third-order valence-electron chi connectivity index (χ3n) is 4.17. The van der Waals surface area contributed by atoms with E-state index in [4.69, 9.17) is 4.74 Å². The fraction of sp³-hybridized carbons (Fsp3) is 0.625. The van der Waals surface area contributed by atoms with E-state index in [0.29, 0.717) is 0 Å². The summed E-state index contributed by atoms with van der Waals surface area (Å²) in [5, 5.41) is 9.81. The third-order valence-corrected chi connectivity index (χ3v) is 4.17. The van der Waals surface area contributed by atoms with E-state index in [1.54, 1.807) is 0 Å². The van der Waals surface area contributed by atoms with Gasteiger partial charge in [0, 0.05) is 12.0 Å². The SMILES string of the molecule is Cc1ccccc1CC(C)(CO)C1CCCCO1. The monoisotopic (exact) mass is 248 g/mol. The van der Waals surface area contributed by atoms with Crippen LogP contribution in [0.4, 0.5) is 0 Å². The molecule has 1 aromatic rings. The van der Waals surface area contributed by atoms with Gasteiger partial charge < -0.3 is 9.84 Å². The van der Waals surface area contributed by atoms with Gasteiger partial charge in [-0.05, 0) is 43.7 Å². The molecule has 0 aliphatic carbocycles. The van der Waals surface area contributed by atoms with Gasteiger partial charge >= 0.3 is 0 Å². The number of aryl methyl sites for hydroxylation is 1. The molecule has 2 atom stereocenters. The smallest absolute Gasteiger partial charge is 0.0653 e. The highest BCUT2D eigenvalue weighted by molar-refractivity contribution is 5.27. The van der Waals surface area contributed by atoms with Crippen LogP contribution in [-0.2, 0) is 11.2 Å². The van der Waals surface area contributed by atoms with Crippen LogP contribution >= 0.6 is 0 Å². The maximum absolute atomic E-state index is 9.81. The van der Waals surface area contributed by atoms with Crippen LogP contribution < -0.4 is 0 Å². The molecular weight excluding hydrogens is 224 g/mol. The van der Waals surface area contributed by atoms with E-state index in [2.05, 4.69) is 38.1 Å². The van der Waals surface area contributed by atoms with Crippen molar-refractivity contribution in [3.8, 4) is 0 Å². The predicted molar refractivity (Wildman–Crippen MR) is 73.7 cm³/mol. The second-order valence-electron chi connectivity index (χ2n) is 5.77. The summed E-state index contributed by atoms with van der Waals surface area (Å²) >= 11 is 0. The Labute approximate surface area is 110 Å². The summed E-state index contributed by atoms with van der Waals surface area (Å²) in [7, 11) is 0. The number of hydrogen-bond donors (Lipinski definition) is 1. The lowest BCUT2D eigenvalue weighted by Crippen LogP contribution is -2.41. The first-order valence-electron chi connectivity index (χ1n) is 6.93. The number of benzene rings is 1. The molecule has 1 heterocycles. The lowest BCUT2D eigenvalue weighted by atomic mass is 9.76. The summed E-state index contributed by atoms with van der Waals surface area (Å²) in [6.07, 6.45) is 4.52. The van der Waals surface area contributed by atoms with Crippen molar-refractivity contribution in [3.63, 3.8) is 0 Å². The first-order chi connectivity index (χ1) is 8.65. The van der Waals surface area contributed by atoms with E-state index in [1.807, 2.05) is 0 Å². The minimum atomic E-state index is -0.160. The molecular formula is C16H24O2. The highest BCUT2D eigenvalue weighted by atomic mass is 16.5. The maximum Gasteiger partial charge on any atom is 0.0653 e. The molecule has 2 unspecified atom stereocenters. The summed E-state index contributed by atoms with van der Waals surface area (Å²) < 4.78 is 5.89. The molecule has 18 heavy (non-hydrogen) atoms. The summed E-state index contributed by atoms with van der Waals surface area (Å²) in [4.78, 5) is 0. The Kier molecular flexibility index (Phi) is 4.41. The lowest BCUT2D eigenvalue weighted by molar-refractivity contribution is -0.0812. The topological polar surface area (TPSA) is 29.5 Å². The Balaban J connectivity index is 2.14. The van der Waals surface area contributed by atoms with Crippen LogP contribution in [0, 0.1) is 12.3 Å². The van der Waals surface area contributed by atoms with Gasteiger partial charge in [-0.25, -0.2) is 0 Å². The third kappa shape index (κ3) is 2.93. The van der Waals surface area contributed by atoms with Crippen molar-refractivity contribution in [1.82, 2.24) is 0 Å². The van der Waals surface area contributed by atoms with Crippen LogP contribution in [0.3, 0.4) is 0 Å². The Morgan fingerprint density at radius 2 is 2.11 bits per heavy atom. The molecule has 0 bridgehead atoms. The van der Waals surface area contributed by atoms with Crippen molar-refractivity contribution in [3.05, 3.63) is 35.4 Å². The molecule has 0 saturated carbocycles. The molecule has 1 aromatic carbocycles. The average molecular weight is 248 g/mol. The van der Waals surface area contributed by atoms with Crippen LogP contribution in [0.15, 0.2) is 24.3 Å². The summed E-state index contributed by atoms with van der Waals surface area (Å²) in [5.74, 6) is 0. The molecule has 2 heteroatoms. The molecule has 0 radical (unpaired) electrons. The predicted octanol–water partition coefficient (Wildman–Crippen LogP) is 3.11. The van der Waals surface area contributed by atoms with E-state index in [-0.39, 0.29) is 18.1 Å². The van der Waals surface area contributed by atoms with E-state index >= 15 is 0 Å². The molecule has 2 nitrogen and oxygen atoms in total. The van der Waals surface area contributed by atoms with Gasteiger partial charge in [0.15, 0.2) is 0 Å². The van der Waals surface area contributed by atoms with Crippen molar-refractivity contribution in [2.45, 2.75) is 45.6 Å². The molecule has 0 spiro atoms. The van der Waals surface area contributed by atoms with Crippen LogP contribution in [-0.4, -0.2) is 24.4 Å². The molecule has 1 fully saturated rings. The van der Waals surface area contributed by atoms with Gasteiger partial charge in [-0.1, -0.05) is 31.2 Å². The molecule has 1 aliphatic heterocycles. The van der Waals surface area contributed by atoms with Gasteiger partial charge in [0.1, 0.15) is 0 Å². The summed E-state index contributed by atoms with van der Waals surface area (Å²) in [5.41, 5.74) is 2.46. The standard InChI is InChI=1S/C16H24O2/c1-13-7-3-4-8-14(13)11-16(2,12-17)15-9-5-6-10-18-15/h3-4,7-8,15,17H,5-6,9-12H2,1-2H3. The summed E-state index contributed by atoms with van der Waals surface area (Å²) in [6.45, 7) is 5.31. The van der Waals surface area contributed by atoms with Gasteiger partial charge in [-0.2, -0.15) is 0 Å². The van der Waals surface area contributed by atoms with Crippen LogP contribution in [0.25, 0.3) is 0 Å². The fourth-order valence-corrected chi connectivity index (χ4v) is 2.81. The minimum Gasteiger partial charge on any atom is -0.396 e. The average Bonchev–Trinajstić information content (AvgIpc) is 2.42. The van der Waals surface area contributed by atoms with Gasteiger partial charge in [-0.3, -0.25) is 0 Å². The number of aliphatic hydroxyl groups is 1. The molecule has 2 rings (SSSR count). The Morgan fingerprint density at radius 1 is 1.33 bits per heavy atom. The molecule has 1 N–H and O–H groups in total. The second-order valence-corrected chi connectivity index (χ2v) is 5.77. The molecule has 0 aromatic heterocycles. The fourth-order valence-electron chi connectivity index (χ4n) is 2.81. The zero-order valence-corrected chi connectivity index (χ0v) is 11.5. The van der Waals surface area contributed by atoms with Gasteiger partial charge in [0.05, 0.1) is 12.7 Å². The zero-order chi connectivity index (χ0) is 13.0. The zero-order valence-electron chi connectivity index (χ0n) is 11.5. The molecule has 1 saturated heterocycles. The summed E-state index contributed by atoms with van der Waals surface area (Å²) in [6, 6.07) is 8.43. The van der Waals surface area contributed by atoms with Gasteiger partial charge in [0.25, 0.3) is 0 Å². The number of aliphatic hydroxyl groups excluding tert-OH is 1. The van der Waals surface area contributed by atoms with Gasteiger partial charge in [-0.15, -0.1) is 0 Å². The highest BCUT2D eigenvalue weighted by Gasteiger charge is 2.36. The first-order valence-corrected chi connectivity index (χ1v) is 6.93. The highest BCUT2D eigenvalue weighted by Crippen LogP contribution is 2.34. The Morgan fingerprint density at radius 3 is 2.72 bits per heavy atom. The van der Waals surface area contributed by atoms with E-state index in [0.717, 1.165) is 25.9 Å². The van der Waals surface area contributed by atoms with E-state index < -0.39 is 0 Å². The van der Waals surface area contributed by atoms with Crippen molar-refractivity contribution in [2.75, 3.05) is 13.2 Å². The number of hydrogen-bond acceptors (Lipinski definition) is 2. The minimum absolute atomic E-state index is 0.160. The molecule has 0 amide bonds.